The lowest BCUT2D eigenvalue weighted by Crippen LogP contribution is -2.17. The largest absolute Gasteiger partial charge is 0.324 e. The SMILES string of the molecule is Cc1cc(C)nc(Nc2cccc(C(=O)Nc3cc(=O)[nH]c(C)n3)c2)n1. The molecule has 0 atom stereocenters. The van der Waals surface area contributed by atoms with E-state index in [2.05, 4.69) is 30.6 Å². The molecule has 2 aromatic heterocycles. The number of rotatable bonds is 4. The molecule has 0 spiro atoms. The van der Waals surface area contributed by atoms with Crippen LogP contribution in [-0.2, 0) is 0 Å². The van der Waals surface area contributed by atoms with Crippen LogP contribution >= 0.6 is 0 Å². The normalized spacial score (nSPS) is 10.4. The maximum absolute atomic E-state index is 12.4. The third kappa shape index (κ3) is 4.29. The summed E-state index contributed by atoms with van der Waals surface area (Å²) in [6, 6.07) is 10.0. The van der Waals surface area contributed by atoms with E-state index in [-0.39, 0.29) is 17.3 Å². The first kappa shape index (κ1) is 17.3. The van der Waals surface area contributed by atoms with Crippen molar-refractivity contribution in [3.05, 3.63) is 69.5 Å². The number of anilines is 3. The molecule has 3 rings (SSSR count). The topological polar surface area (TPSA) is 113 Å². The molecule has 8 heteroatoms. The maximum Gasteiger partial charge on any atom is 0.256 e. The zero-order valence-corrected chi connectivity index (χ0v) is 14.6. The second kappa shape index (κ2) is 7.14. The van der Waals surface area contributed by atoms with E-state index in [0.29, 0.717) is 23.0 Å². The van der Waals surface area contributed by atoms with Crippen LogP contribution < -0.4 is 16.2 Å². The maximum atomic E-state index is 12.4. The van der Waals surface area contributed by atoms with Gasteiger partial charge in [0, 0.05) is 28.7 Å². The Labute approximate surface area is 149 Å². The van der Waals surface area contributed by atoms with Gasteiger partial charge >= 0.3 is 0 Å². The molecule has 2 heterocycles. The average molecular weight is 350 g/mol. The Bertz CT molecular complexity index is 1010. The van der Waals surface area contributed by atoms with Crippen LogP contribution in [0, 0.1) is 20.8 Å². The van der Waals surface area contributed by atoms with Gasteiger partial charge in [-0.2, -0.15) is 0 Å². The van der Waals surface area contributed by atoms with Gasteiger partial charge in [0.1, 0.15) is 11.6 Å². The fourth-order valence-corrected chi connectivity index (χ4v) is 2.48. The Morgan fingerprint density at radius 1 is 1.00 bits per heavy atom. The lowest BCUT2D eigenvalue weighted by Gasteiger charge is -2.09. The Balaban J connectivity index is 1.79. The van der Waals surface area contributed by atoms with E-state index < -0.39 is 0 Å². The Morgan fingerprint density at radius 3 is 2.42 bits per heavy atom. The van der Waals surface area contributed by atoms with Gasteiger partial charge in [0.2, 0.25) is 5.95 Å². The number of aromatic nitrogens is 4. The van der Waals surface area contributed by atoms with Crippen molar-refractivity contribution >= 4 is 23.4 Å². The summed E-state index contributed by atoms with van der Waals surface area (Å²) >= 11 is 0. The number of hydrogen-bond donors (Lipinski definition) is 3. The smallest absolute Gasteiger partial charge is 0.256 e. The van der Waals surface area contributed by atoms with Gasteiger partial charge in [-0.1, -0.05) is 6.07 Å². The molecule has 0 radical (unpaired) electrons. The zero-order chi connectivity index (χ0) is 18.7. The Kier molecular flexibility index (Phi) is 4.74. The summed E-state index contributed by atoms with van der Waals surface area (Å²) in [5, 5.41) is 5.71. The van der Waals surface area contributed by atoms with Crippen LogP contribution in [0.2, 0.25) is 0 Å². The molecule has 26 heavy (non-hydrogen) atoms. The standard InChI is InChI=1S/C18H18N6O2/c1-10-7-11(2)20-18(19-10)23-14-6-4-5-13(8-14)17(26)24-15-9-16(25)22-12(3)21-15/h4-9H,1-3H3,(H,19,20,23)(H2,21,22,24,25,26). The molecule has 0 aliphatic heterocycles. The van der Waals surface area contributed by atoms with Crippen molar-refractivity contribution in [3.63, 3.8) is 0 Å². The van der Waals surface area contributed by atoms with E-state index in [1.165, 1.54) is 6.07 Å². The number of aryl methyl sites for hydroxylation is 3. The highest BCUT2D eigenvalue weighted by Crippen LogP contribution is 2.16. The van der Waals surface area contributed by atoms with Gasteiger partial charge in [0.05, 0.1) is 0 Å². The van der Waals surface area contributed by atoms with Gasteiger partial charge < -0.3 is 15.6 Å². The molecule has 132 valence electrons. The first-order valence-electron chi connectivity index (χ1n) is 7.98. The van der Waals surface area contributed by atoms with E-state index in [1.807, 2.05) is 26.0 Å². The molecule has 0 saturated heterocycles. The third-order valence-corrected chi connectivity index (χ3v) is 3.46. The van der Waals surface area contributed by atoms with E-state index in [1.54, 1.807) is 25.1 Å². The lowest BCUT2D eigenvalue weighted by molar-refractivity contribution is 0.102. The minimum atomic E-state index is -0.368. The molecule has 3 aromatic rings. The summed E-state index contributed by atoms with van der Waals surface area (Å²) in [5.41, 5.74) is 2.47. The van der Waals surface area contributed by atoms with E-state index in [4.69, 9.17) is 0 Å². The predicted molar refractivity (Wildman–Crippen MR) is 98.8 cm³/mol. The fraction of sp³-hybridized carbons (Fsp3) is 0.167. The summed E-state index contributed by atoms with van der Waals surface area (Å²) in [7, 11) is 0. The Hall–Kier alpha value is -3.55. The fourth-order valence-electron chi connectivity index (χ4n) is 2.48. The van der Waals surface area contributed by atoms with Crippen LogP contribution in [0.15, 0.2) is 41.2 Å². The number of carbonyl (C=O) groups excluding carboxylic acids is 1. The summed E-state index contributed by atoms with van der Waals surface area (Å²) < 4.78 is 0. The zero-order valence-electron chi connectivity index (χ0n) is 14.6. The monoisotopic (exact) mass is 350 g/mol. The molecular weight excluding hydrogens is 332 g/mol. The number of hydrogen-bond acceptors (Lipinski definition) is 6. The van der Waals surface area contributed by atoms with Crippen LogP contribution in [0.3, 0.4) is 0 Å². The number of benzene rings is 1. The van der Waals surface area contributed by atoms with Gasteiger partial charge in [-0.05, 0) is 45.0 Å². The van der Waals surface area contributed by atoms with Crippen LogP contribution in [0.1, 0.15) is 27.6 Å². The van der Waals surface area contributed by atoms with Gasteiger partial charge in [0.25, 0.3) is 11.5 Å². The van der Waals surface area contributed by atoms with E-state index in [9.17, 15) is 9.59 Å². The number of carbonyl (C=O) groups is 1. The van der Waals surface area contributed by atoms with E-state index in [0.717, 1.165) is 11.4 Å². The van der Waals surface area contributed by atoms with Crippen molar-refractivity contribution in [2.24, 2.45) is 0 Å². The second-order valence-corrected chi connectivity index (χ2v) is 5.85. The van der Waals surface area contributed by atoms with Crippen molar-refractivity contribution in [2.75, 3.05) is 10.6 Å². The molecule has 0 fully saturated rings. The summed E-state index contributed by atoms with van der Waals surface area (Å²) in [5.74, 6) is 0.724. The van der Waals surface area contributed by atoms with Crippen molar-refractivity contribution < 1.29 is 4.79 Å². The summed E-state index contributed by atoms with van der Waals surface area (Å²) in [4.78, 5) is 39.2. The van der Waals surface area contributed by atoms with Gasteiger partial charge in [-0.25, -0.2) is 15.0 Å². The molecule has 0 saturated carbocycles. The van der Waals surface area contributed by atoms with Crippen molar-refractivity contribution in [1.29, 1.82) is 0 Å². The van der Waals surface area contributed by atoms with Crippen LogP contribution in [-0.4, -0.2) is 25.8 Å². The van der Waals surface area contributed by atoms with Gasteiger partial charge in [-0.15, -0.1) is 0 Å². The highest BCUT2D eigenvalue weighted by Gasteiger charge is 2.09. The predicted octanol–water partition coefficient (Wildman–Crippen LogP) is 2.48. The summed E-state index contributed by atoms with van der Waals surface area (Å²) in [6.45, 7) is 5.42. The van der Waals surface area contributed by atoms with Gasteiger partial charge in [-0.3, -0.25) is 9.59 Å². The number of H-pyrrole nitrogens is 1. The van der Waals surface area contributed by atoms with Gasteiger partial charge in [0.15, 0.2) is 0 Å². The van der Waals surface area contributed by atoms with Crippen LogP contribution in [0.5, 0.6) is 0 Å². The first-order chi connectivity index (χ1) is 12.4. The third-order valence-electron chi connectivity index (χ3n) is 3.46. The first-order valence-corrected chi connectivity index (χ1v) is 7.98. The van der Waals surface area contributed by atoms with Crippen LogP contribution in [0.25, 0.3) is 0 Å². The molecule has 0 aliphatic carbocycles. The minimum Gasteiger partial charge on any atom is -0.324 e. The van der Waals surface area contributed by atoms with Crippen molar-refractivity contribution in [1.82, 2.24) is 19.9 Å². The summed E-state index contributed by atoms with van der Waals surface area (Å²) in [6.07, 6.45) is 0. The number of nitrogens with zero attached hydrogens (tertiary/aromatic N) is 3. The lowest BCUT2D eigenvalue weighted by atomic mass is 10.2. The highest BCUT2D eigenvalue weighted by molar-refractivity contribution is 6.04. The minimum absolute atomic E-state index is 0.201. The quantitative estimate of drug-likeness (QED) is 0.666. The number of nitrogens with one attached hydrogen (secondary N) is 3. The van der Waals surface area contributed by atoms with Crippen molar-refractivity contribution in [3.8, 4) is 0 Å². The molecule has 1 aromatic carbocycles. The molecule has 0 aliphatic rings. The molecule has 3 N–H and O–H groups in total. The van der Waals surface area contributed by atoms with E-state index >= 15 is 0 Å². The highest BCUT2D eigenvalue weighted by atomic mass is 16.2. The molecule has 0 bridgehead atoms. The Morgan fingerprint density at radius 2 is 1.73 bits per heavy atom. The molecule has 0 unspecified atom stereocenters. The van der Waals surface area contributed by atoms with Crippen LogP contribution in [0.4, 0.5) is 17.5 Å². The molecule has 1 amide bonds. The van der Waals surface area contributed by atoms with Crippen molar-refractivity contribution in [2.45, 2.75) is 20.8 Å². The second-order valence-electron chi connectivity index (χ2n) is 5.85. The number of amides is 1. The average Bonchev–Trinajstić information content (AvgIpc) is 2.53. The number of aromatic amines is 1. The molecule has 8 nitrogen and oxygen atoms in total. The molecular formula is C18H18N6O2.